The smallest absolute Gasteiger partial charge is 0.306 e. The van der Waals surface area contributed by atoms with Gasteiger partial charge in [0, 0.05) is 23.2 Å². The van der Waals surface area contributed by atoms with Crippen LogP contribution in [-0.4, -0.2) is 24.7 Å². The Morgan fingerprint density at radius 1 is 1.22 bits per heavy atom. The zero-order valence-corrected chi connectivity index (χ0v) is 14.6. The van der Waals surface area contributed by atoms with Gasteiger partial charge in [-0.3, -0.25) is 4.79 Å². The minimum Gasteiger partial charge on any atom is -0.493 e. The van der Waals surface area contributed by atoms with Crippen LogP contribution in [0.3, 0.4) is 0 Å². The Morgan fingerprint density at radius 3 is 2.70 bits per heavy atom. The first kappa shape index (κ1) is 17.3. The quantitative estimate of drug-likeness (QED) is 0.676. The fourth-order valence-electron chi connectivity index (χ4n) is 1.97. The number of benzene rings is 1. The molecule has 0 radical (unpaired) electrons. The summed E-state index contributed by atoms with van der Waals surface area (Å²) in [7, 11) is 1.58. The second-order valence-electron chi connectivity index (χ2n) is 4.71. The first-order chi connectivity index (χ1) is 11.1. The van der Waals surface area contributed by atoms with Crippen molar-refractivity contribution in [1.82, 2.24) is 4.98 Å². The van der Waals surface area contributed by atoms with Gasteiger partial charge in [0.15, 0.2) is 11.5 Å². The Balaban J connectivity index is 2.06. The van der Waals surface area contributed by atoms with Crippen molar-refractivity contribution in [2.24, 2.45) is 0 Å². The molecule has 1 aromatic heterocycles. The standard InChI is InChI=1S/C17H18BrNO4/c1-3-22-17(20)9-5-12-4-7-14(15(10-12)21-2)23-16-8-6-13(18)11-19-16/h4,6-8,10-11H,3,5,9H2,1-2H3. The molecule has 1 aromatic carbocycles. The summed E-state index contributed by atoms with van der Waals surface area (Å²) >= 11 is 3.33. The summed E-state index contributed by atoms with van der Waals surface area (Å²) < 4.78 is 16.9. The lowest BCUT2D eigenvalue weighted by Gasteiger charge is -2.11. The number of rotatable bonds is 7. The van der Waals surface area contributed by atoms with E-state index in [1.54, 1.807) is 26.3 Å². The van der Waals surface area contributed by atoms with Crippen molar-refractivity contribution in [1.29, 1.82) is 0 Å². The molecule has 2 aromatic rings. The van der Waals surface area contributed by atoms with Crippen LogP contribution in [0.15, 0.2) is 41.0 Å². The zero-order chi connectivity index (χ0) is 16.7. The predicted molar refractivity (Wildman–Crippen MR) is 90.0 cm³/mol. The molecule has 0 N–H and O–H groups in total. The van der Waals surface area contributed by atoms with E-state index in [9.17, 15) is 4.79 Å². The van der Waals surface area contributed by atoms with Crippen molar-refractivity contribution >= 4 is 21.9 Å². The summed E-state index contributed by atoms with van der Waals surface area (Å²) in [5.41, 5.74) is 0.978. The number of esters is 1. The number of hydrogen-bond acceptors (Lipinski definition) is 5. The highest BCUT2D eigenvalue weighted by molar-refractivity contribution is 9.10. The highest BCUT2D eigenvalue weighted by Crippen LogP contribution is 2.32. The summed E-state index contributed by atoms with van der Waals surface area (Å²) in [6.07, 6.45) is 2.59. The molecule has 0 saturated heterocycles. The topological polar surface area (TPSA) is 57.7 Å². The van der Waals surface area contributed by atoms with Crippen LogP contribution in [0.25, 0.3) is 0 Å². The van der Waals surface area contributed by atoms with E-state index in [0.717, 1.165) is 10.0 Å². The summed E-state index contributed by atoms with van der Waals surface area (Å²) in [5, 5.41) is 0. The maximum Gasteiger partial charge on any atom is 0.306 e. The monoisotopic (exact) mass is 379 g/mol. The number of nitrogens with zero attached hydrogens (tertiary/aromatic N) is 1. The molecule has 6 heteroatoms. The molecule has 5 nitrogen and oxygen atoms in total. The number of ether oxygens (including phenoxy) is 3. The average Bonchev–Trinajstić information content (AvgIpc) is 2.56. The predicted octanol–water partition coefficient (Wildman–Crippen LogP) is 4.14. The molecule has 0 amide bonds. The number of carbonyl (C=O) groups is 1. The van der Waals surface area contributed by atoms with E-state index in [-0.39, 0.29) is 5.97 Å². The SMILES string of the molecule is CCOC(=O)CCc1ccc(Oc2ccc(Br)cn2)c(OC)c1. The summed E-state index contributed by atoms with van der Waals surface area (Å²) in [6, 6.07) is 9.17. The van der Waals surface area contributed by atoms with Crippen molar-refractivity contribution in [2.75, 3.05) is 13.7 Å². The third-order valence-corrected chi connectivity index (χ3v) is 3.54. The van der Waals surface area contributed by atoms with Gasteiger partial charge in [-0.25, -0.2) is 4.98 Å². The Labute approximate surface area is 143 Å². The van der Waals surface area contributed by atoms with Crippen LogP contribution in [0.2, 0.25) is 0 Å². The lowest BCUT2D eigenvalue weighted by Crippen LogP contribution is -2.05. The molecular formula is C17H18BrNO4. The Morgan fingerprint density at radius 2 is 2.04 bits per heavy atom. The van der Waals surface area contributed by atoms with Gasteiger partial charge in [-0.2, -0.15) is 0 Å². The Bertz CT molecular complexity index is 658. The fourth-order valence-corrected chi connectivity index (χ4v) is 2.20. The van der Waals surface area contributed by atoms with Crippen molar-refractivity contribution in [3.63, 3.8) is 0 Å². The van der Waals surface area contributed by atoms with Crippen LogP contribution in [0.5, 0.6) is 17.4 Å². The molecule has 0 bridgehead atoms. The molecule has 0 saturated carbocycles. The molecule has 0 atom stereocenters. The number of carbonyl (C=O) groups excluding carboxylic acids is 1. The van der Waals surface area contributed by atoms with Crippen LogP contribution in [0, 0.1) is 0 Å². The van der Waals surface area contributed by atoms with Crippen LogP contribution < -0.4 is 9.47 Å². The van der Waals surface area contributed by atoms with Crippen molar-refractivity contribution in [3.8, 4) is 17.4 Å². The number of aryl methyl sites for hydroxylation is 1. The van der Waals surface area contributed by atoms with Crippen LogP contribution in [0.1, 0.15) is 18.9 Å². The highest BCUT2D eigenvalue weighted by Gasteiger charge is 2.09. The molecule has 0 aliphatic carbocycles. The zero-order valence-electron chi connectivity index (χ0n) is 13.0. The van der Waals surface area contributed by atoms with E-state index >= 15 is 0 Å². The van der Waals surface area contributed by atoms with E-state index in [4.69, 9.17) is 14.2 Å². The van der Waals surface area contributed by atoms with E-state index in [0.29, 0.717) is 36.8 Å². The van der Waals surface area contributed by atoms with Crippen LogP contribution in [-0.2, 0) is 16.0 Å². The summed E-state index contributed by atoms with van der Waals surface area (Å²) in [4.78, 5) is 15.6. The van der Waals surface area contributed by atoms with E-state index in [1.807, 2.05) is 24.3 Å². The van der Waals surface area contributed by atoms with Crippen LogP contribution in [0.4, 0.5) is 0 Å². The molecule has 0 aliphatic heterocycles. The van der Waals surface area contributed by atoms with E-state index in [2.05, 4.69) is 20.9 Å². The number of pyridine rings is 1. The van der Waals surface area contributed by atoms with Gasteiger partial charge in [0.05, 0.1) is 13.7 Å². The maximum atomic E-state index is 11.4. The minimum absolute atomic E-state index is 0.203. The van der Waals surface area contributed by atoms with Gasteiger partial charge in [-0.1, -0.05) is 6.07 Å². The normalized spacial score (nSPS) is 10.2. The van der Waals surface area contributed by atoms with Gasteiger partial charge in [0.2, 0.25) is 5.88 Å². The average molecular weight is 380 g/mol. The van der Waals surface area contributed by atoms with Gasteiger partial charge in [-0.15, -0.1) is 0 Å². The Hall–Kier alpha value is -2.08. The lowest BCUT2D eigenvalue weighted by molar-refractivity contribution is -0.143. The molecule has 0 spiro atoms. The van der Waals surface area contributed by atoms with Gasteiger partial charge in [0.1, 0.15) is 0 Å². The van der Waals surface area contributed by atoms with Crippen molar-refractivity contribution in [2.45, 2.75) is 19.8 Å². The molecule has 122 valence electrons. The lowest BCUT2D eigenvalue weighted by atomic mass is 10.1. The Kier molecular flexibility index (Phi) is 6.40. The molecule has 0 aliphatic rings. The first-order valence-electron chi connectivity index (χ1n) is 7.24. The fraction of sp³-hybridized carbons (Fsp3) is 0.294. The van der Waals surface area contributed by atoms with Gasteiger partial charge in [0.25, 0.3) is 0 Å². The number of halogens is 1. The number of methoxy groups -OCH3 is 1. The largest absolute Gasteiger partial charge is 0.493 e. The molecular weight excluding hydrogens is 362 g/mol. The third-order valence-electron chi connectivity index (χ3n) is 3.07. The second kappa shape index (κ2) is 8.53. The molecule has 2 rings (SSSR count). The van der Waals surface area contributed by atoms with Crippen molar-refractivity contribution < 1.29 is 19.0 Å². The minimum atomic E-state index is -0.203. The maximum absolute atomic E-state index is 11.4. The molecule has 0 unspecified atom stereocenters. The number of aromatic nitrogens is 1. The van der Waals surface area contributed by atoms with Gasteiger partial charge in [-0.05, 0) is 53.0 Å². The summed E-state index contributed by atoms with van der Waals surface area (Å²) in [5.74, 6) is 1.44. The third kappa shape index (κ3) is 5.25. The van der Waals surface area contributed by atoms with E-state index in [1.165, 1.54) is 0 Å². The van der Waals surface area contributed by atoms with Crippen molar-refractivity contribution in [3.05, 3.63) is 46.6 Å². The molecule has 23 heavy (non-hydrogen) atoms. The molecule has 1 heterocycles. The highest BCUT2D eigenvalue weighted by atomic mass is 79.9. The second-order valence-corrected chi connectivity index (χ2v) is 5.62. The van der Waals surface area contributed by atoms with Crippen LogP contribution >= 0.6 is 15.9 Å². The molecule has 0 fully saturated rings. The van der Waals surface area contributed by atoms with Gasteiger partial charge < -0.3 is 14.2 Å². The van der Waals surface area contributed by atoms with Gasteiger partial charge >= 0.3 is 5.97 Å². The summed E-state index contributed by atoms with van der Waals surface area (Å²) in [6.45, 7) is 2.19. The van der Waals surface area contributed by atoms with E-state index < -0.39 is 0 Å². The number of hydrogen-bond donors (Lipinski definition) is 0. The first-order valence-corrected chi connectivity index (χ1v) is 8.03.